The third-order valence-corrected chi connectivity index (χ3v) is 3.39. The van der Waals surface area contributed by atoms with Crippen molar-refractivity contribution in [2.75, 3.05) is 13.2 Å². The number of ether oxygens (including phenoxy) is 1. The third kappa shape index (κ3) is 1.50. The van der Waals surface area contributed by atoms with Gasteiger partial charge in [-0.2, -0.15) is 0 Å². The van der Waals surface area contributed by atoms with E-state index in [1.165, 1.54) is 12.8 Å². The van der Waals surface area contributed by atoms with Crippen LogP contribution in [0.5, 0.6) is 0 Å². The molecule has 1 aliphatic heterocycles. The van der Waals surface area contributed by atoms with Crippen molar-refractivity contribution in [1.82, 2.24) is 0 Å². The maximum Gasteiger partial charge on any atom is 0.0697 e. The summed E-state index contributed by atoms with van der Waals surface area (Å²) in [7, 11) is 0. The summed E-state index contributed by atoms with van der Waals surface area (Å²) in [6, 6.07) is 0. The second kappa shape index (κ2) is 3.00. The van der Waals surface area contributed by atoms with Crippen molar-refractivity contribution in [2.24, 2.45) is 11.8 Å². The summed E-state index contributed by atoms with van der Waals surface area (Å²) in [5.41, 5.74) is -0.444. The molecular formula is C10H18O2. The largest absolute Gasteiger partial charge is 0.390 e. The van der Waals surface area contributed by atoms with Gasteiger partial charge in [-0.3, -0.25) is 0 Å². The molecule has 1 N–H and O–H groups in total. The van der Waals surface area contributed by atoms with Gasteiger partial charge in [0, 0.05) is 12.5 Å². The Morgan fingerprint density at radius 3 is 2.50 bits per heavy atom. The number of hydrogen-bond acceptors (Lipinski definition) is 2. The molecule has 0 bridgehead atoms. The Kier molecular flexibility index (Phi) is 2.13. The van der Waals surface area contributed by atoms with Crippen LogP contribution in [0.15, 0.2) is 0 Å². The molecule has 2 aliphatic rings. The van der Waals surface area contributed by atoms with Gasteiger partial charge in [0.15, 0.2) is 0 Å². The highest BCUT2D eigenvalue weighted by Gasteiger charge is 2.45. The fraction of sp³-hybridized carbons (Fsp3) is 1.00. The van der Waals surface area contributed by atoms with E-state index in [0.29, 0.717) is 11.8 Å². The zero-order valence-electron chi connectivity index (χ0n) is 7.75. The van der Waals surface area contributed by atoms with Gasteiger partial charge >= 0.3 is 0 Å². The third-order valence-electron chi connectivity index (χ3n) is 3.39. The summed E-state index contributed by atoms with van der Waals surface area (Å²) in [6.07, 6.45) is 4.68. The van der Waals surface area contributed by atoms with Gasteiger partial charge in [0.2, 0.25) is 0 Å². The highest BCUT2D eigenvalue weighted by molar-refractivity contribution is 4.96. The van der Waals surface area contributed by atoms with Crippen molar-refractivity contribution >= 4 is 0 Å². The van der Waals surface area contributed by atoms with Crippen LogP contribution < -0.4 is 0 Å². The molecule has 1 saturated carbocycles. The summed E-state index contributed by atoms with van der Waals surface area (Å²) < 4.78 is 5.39. The van der Waals surface area contributed by atoms with Crippen molar-refractivity contribution in [3.05, 3.63) is 0 Å². The van der Waals surface area contributed by atoms with Crippen LogP contribution in [-0.2, 0) is 4.74 Å². The van der Waals surface area contributed by atoms with Gasteiger partial charge in [-0.05, 0) is 38.5 Å². The first-order valence-electron chi connectivity index (χ1n) is 5.01. The SMILES string of the molecule is C[C@](O)(C1CC1)[C@@H]1CCCOC1. The summed E-state index contributed by atoms with van der Waals surface area (Å²) >= 11 is 0. The fourth-order valence-electron chi connectivity index (χ4n) is 2.20. The zero-order valence-corrected chi connectivity index (χ0v) is 7.75. The Labute approximate surface area is 73.9 Å². The van der Waals surface area contributed by atoms with Crippen LogP contribution in [0.2, 0.25) is 0 Å². The second-order valence-electron chi connectivity index (χ2n) is 4.41. The standard InChI is InChI=1S/C10H18O2/c1-10(11,8-4-5-8)9-3-2-6-12-7-9/h8-9,11H,2-7H2,1H3/t9-,10+/m1/s1. The van der Waals surface area contributed by atoms with Crippen molar-refractivity contribution in [2.45, 2.75) is 38.2 Å². The monoisotopic (exact) mass is 170 g/mol. The molecule has 0 amide bonds. The molecule has 1 saturated heterocycles. The molecule has 2 heteroatoms. The van der Waals surface area contributed by atoms with Gasteiger partial charge in [-0.15, -0.1) is 0 Å². The lowest BCUT2D eigenvalue weighted by atomic mass is 9.81. The quantitative estimate of drug-likeness (QED) is 0.681. The first kappa shape index (κ1) is 8.52. The fourth-order valence-corrected chi connectivity index (χ4v) is 2.20. The summed E-state index contributed by atoms with van der Waals surface area (Å²) in [6.45, 7) is 3.64. The van der Waals surface area contributed by atoms with Gasteiger partial charge in [-0.1, -0.05) is 0 Å². The lowest BCUT2D eigenvalue weighted by Gasteiger charge is -2.35. The first-order valence-corrected chi connectivity index (χ1v) is 5.01. The van der Waals surface area contributed by atoms with E-state index >= 15 is 0 Å². The average molecular weight is 170 g/mol. The number of rotatable bonds is 2. The van der Waals surface area contributed by atoms with E-state index in [1.807, 2.05) is 6.92 Å². The second-order valence-corrected chi connectivity index (χ2v) is 4.41. The van der Waals surface area contributed by atoms with Gasteiger partial charge in [0.05, 0.1) is 12.2 Å². The molecule has 2 nitrogen and oxygen atoms in total. The Hall–Kier alpha value is -0.0800. The molecule has 1 heterocycles. The van der Waals surface area contributed by atoms with Crippen LogP contribution in [-0.4, -0.2) is 23.9 Å². The first-order chi connectivity index (χ1) is 5.71. The smallest absolute Gasteiger partial charge is 0.0697 e. The molecule has 0 aromatic heterocycles. The normalized spacial score (nSPS) is 36.0. The molecular weight excluding hydrogens is 152 g/mol. The molecule has 0 spiro atoms. The Morgan fingerprint density at radius 1 is 1.25 bits per heavy atom. The van der Waals surface area contributed by atoms with E-state index in [4.69, 9.17) is 4.74 Å². The molecule has 70 valence electrons. The molecule has 12 heavy (non-hydrogen) atoms. The lowest BCUT2D eigenvalue weighted by molar-refractivity contribution is -0.0807. The summed E-state index contributed by atoms with van der Waals surface area (Å²) in [4.78, 5) is 0. The van der Waals surface area contributed by atoms with Gasteiger partial charge < -0.3 is 9.84 Å². The van der Waals surface area contributed by atoms with E-state index < -0.39 is 5.60 Å². The van der Waals surface area contributed by atoms with Crippen molar-refractivity contribution in [1.29, 1.82) is 0 Å². The molecule has 0 unspecified atom stereocenters. The van der Waals surface area contributed by atoms with Crippen molar-refractivity contribution in [3.63, 3.8) is 0 Å². The van der Waals surface area contributed by atoms with Gasteiger partial charge in [-0.25, -0.2) is 0 Å². The van der Waals surface area contributed by atoms with Crippen LogP contribution in [0, 0.1) is 11.8 Å². The maximum atomic E-state index is 10.2. The minimum absolute atomic E-state index is 0.388. The van der Waals surface area contributed by atoms with Crippen LogP contribution in [0.4, 0.5) is 0 Å². The lowest BCUT2D eigenvalue weighted by Crippen LogP contribution is -2.41. The maximum absolute atomic E-state index is 10.2. The number of hydrogen-bond donors (Lipinski definition) is 1. The predicted molar refractivity (Wildman–Crippen MR) is 46.9 cm³/mol. The number of aliphatic hydroxyl groups is 1. The van der Waals surface area contributed by atoms with Crippen LogP contribution in [0.3, 0.4) is 0 Å². The van der Waals surface area contributed by atoms with Crippen LogP contribution in [0.25, 0.3) is 0 Å². The van der Waals surface area contributed by atoms with E-state index in [2.05, 4.69) is 0 Å². The van der Waals surface area contributed by atoms with Crippen LogP contribution >= 0.6 is 0 Å². The minimum Gasteiger partial charge on any atom is -0.390 e. The Morgan fingerprint density at radius 2 is 2.00 bits per heavy atom. The zero-order chi connectivity index (χ0) is 8.60. The minimum atomic E-state index is -0.444. The summed E-state index contributed by atoms with van der Waals surface area (Å²) in [5.74, 6) is 0.947. The van der Waals surface area contributed by atoms with Gasteiger partial charge in [0.1, 0.15) is 0 Å². The van der Waals surface area contributed by atoms with E-state index in [1.54, 1.807) is 0 Å². The van der Waals surface area contributed by atoms with E-state index in [-0.39, 0.29) is 0 Å². The molecule has 0 radical (unpaired) electrons. The highest BCUT2D eigenvalue weighted by atomic mass is 16.5. The highest BCUT2D eigenvalue weighted by Crippen LogP contribution is 2.45. The molecule has 1 aliphatic carbocycles. The molecule has 0 aromatic rings. The molecule has 2 atom stereocenters. The molecule has 0 aromatic carbocycles. The van der Waals surface area contributed by atoms with Crippen molar-refractivity contribution < 1.29 is 9.84 Å². The van der Waals surface area contributed by atoms with Crippen LogP contribution in [0.1, 0.15) is 32.6 Å². The topological polar surface area (TPSA) is 29.5 Å². The summed E-state index contributed by atoms with van der Waals surface area (Å²) in [5, 5.41) is 10.2. The molecule has 2 fully saturated rings. The predicted octanol–water partition coefficient (Wildman–Crippen LogP) is 1.57. The van der Waals surface area contributed by atoms with Gasteiger partial charge in [0.25, 0.3) is 0 Å². The van der Waals surface area contributed by atoms with E-state index in [9.17, 15) is 5.11 Å². The van der Waals surface area contributed by atoms with E-state index in [0.717, 1.165) is 26.1 Å². The Balaban J connectivity index is 1.95. The average Bonchev–Trinajstić information content (AvgIpc) is 2.88. The Bertz CT molecular complexity index is 155. The molecule has 2 rings (SSSR count). The van der Waals surface area contributed by atoms with Crippen molar-refractivity contribution in [3.8, 4) is 0 Å².